The highest BCUT2D eigenvalue weighted by molar-refractivity contribution is 7.89. The number of carbonyl (C=O) groups is 1. The molecular formula is C17H21N3O5S. The molecule has 3 rings (SSSR count). The second-order valence-electron chi connectivity index (χ2n) is 6.17. The van der Waals surface area contributed by atoms with Gasteiger partial charge in [0, 0.05) is 31.1 Å². The highest BCUT2D eigenvalue weighted by Crippen LogP contribution is 2.26. The Hall–Kier alpha value is -2.39. The van der Waals surface area contributed by atoms with Crippen molar-refractivity contribution in [1.82, 2.24) is 9.46 Å². The molecule has 2 heterocycles. The van der Waals surface area contributed by atoms with Crippen molar-refractivity contribution >= 4 is 21.7 Å². The highest BCUT2D eigenvalue weighted by atomic mass is 32.2. The lowest BCUT2D eigenvalue weighted by Crippen LogP contribution is -2.41. The standard InChI is InChI=1S/C17H21N3O5S/c1-12-10-16(19-25-12)18-17(21)13-6-8-20(9-7-13)26(22,23)15-5-3-4-14(11-15)24-2/h3-5,10-11,13H,6-9H2,1-2H3,(H,18,19,21). The predicted octanol–water partition coefficient (Wildman–Crippen LogP) is 2.03. The van der Waals surface area contributed by atoms with Crippen LogP contribution in [-0.4, -0.2) is 44.0 Å². The van der Waals surface area contributed by atoms with Crippen LogP contribution in [-0.2, 0) is 14.8 Å². The van der Waals surface area contributed by atoms with Crippen molar-refractivity contribution in [3.8, 4) is 5.75 Å². The van der Waals surface area contributed by atoms with Crippen LogP contribution in [0.5, 0.6) is 5.75 Å². The van der Waals surface area contributed by atoms with Gasteiger partial charge < -0.3 is 14.6 Å². The van der Waals surface area contributed by atoms with Crippen LogP contribution < -0.4 is 10.1 Å². The molecule has 0 bridgehead atoms. The van der Waals surface area contributed by atoms with Crippen molar-refractivity contribution in [1.29, 1.82) is 0 Å². The maximum Gasteiger partial charge on any atom is 0.243 e. The largest absolute Gasteiger partial charge is 0.497 e. The lowest BCUT2D eigenvalue weighted by molar-refractivity contribution is -0.120. The van der Waals surface area contributed by atoms with Crippen LogP contribution in [0.3, 0.4) is 0 Å². The maximum atomic E-state index is 12.8. The molecule has 140 valence electrons. The van der Waals surface area contributed by atoms with E-state index in [0.29, 0.717) is 30.2 Å². The normalized spacial score (nSPS) is 16.4. The number of rotatable bonds is 5. The van der Waals surface area contributed by atoms with Crippen LogP contribution in [0.1, 0.15) is 18.6 Å². The van der Waals surface area contributed by atoms with Gasteiger partial charge in [-0.2, -0.15) is 4.31 Å². The average molecular weight is 379 g/mol. The summed E-state index contributed by atoms with van der Waals surface area (Å²) < 4.78 is 37.0. The molecule has 1 saturated heterocycles. The first-order valence-electron chi connectivity index (χ1n) is 8.28. The second-order valence-corrected chi connectivity index (χ2v) is 8.11. The van der Waals surface area contributed by atoms with E-state index in [2.05, 4.69) is 10.5 Å². The summed E-state index contributed by atoms with van der Waals surface area (Å²) in [4.78, 5) is 12.5. The Labute approximate surface area is 152 Å². The number of amides is 1. The van der Waals surface area contributed by atoms with Gasteiger partial charge in [0.15, 0.2) is 5.82 Å². The molecule has 0 spiro atoms. The lowest BCUT2D eigenvalue weighted by Gasteiger charge is -2.30. The monoisotopic (exact) mass is 379 g/mol. The summed E-state index contributed by atoms with van der Waals surface area (Å²) in [5.41, 5.74) is 0. The zero-order valence-corrected chi connectivity index (χ0v) is 15.5. The Balaban J connectivity index is 1.63. The van der Waals surface area contributed by atoms with Crippen LogP contribution in [0.15, 0.2) is 39.8 Å². The van der Waals surface area contributed by atoms with E-state index in [1.807, 2.05) is 0 Å². The van der Waals surface area contributed by atoms with Crippen LogP contribution in [0.2, 0.25) is 0 Å². The van der Waals surface area contributed by atoms with E-state index in [1.165, 1.54) is 17.5 Å². The summed E-state index contributed by atoms with van der Waals surface area (Å²) in [6.45, 7) is 2.32. The fourth-order valence-electron chi connectivity index (χ4n) is 2.92. The molecule has 1 fully saturated rings. The van der Waals surface area contributed by atoms with Gasteiger partial charge in [-0.1, -0.05) is 11.2 Å². The van der Waals surface area contributed by atoms with E-state index in [-0.39, 0.29) is 29.8 Å². The van der Waals surface area contributed by atoms with Gasteiger partial charge in [-0.15, -0.1) is 0 Å². The SMILES string of the molecule is COc1cccc(S(=O)(=O)N2CCC(C(=O)Nc3cc(C)on3)CC2)c1. The molecule has 0 radical (unpaired) electrons. The molecule has 1 aliphatic heterocycles. The van der Waals surface area contributed by atoms with E-state index in [9.17, 15) is 13.2 Å². The summed E-state index contributed by atoms with van der Waals surface area (Å²) in [5.74, 6) is 1.04. The number of aryl methyl sites for hydroxylation is 1. The highest BCUT2D eigenvalue weighted by Gasteiger charge is 2.32. The van der Waals surface area contributed by atoms with Crippen molar-refractivity contribution in [2.24, 2.45) is 5.92 Å². The third-order valence-corrected chi connectivity index (χ3v) is 6.28. The minimum atomic E-state index is -3.61. The van der Waals surface area contributed by atoms with Gasteiger partial charge in [0.05, 0.1) is 12.0 Å². The van der Waals surface area contributed by atoms with Gasteiger partial charge in [0.2, 0.25) is 15.9 Å². The molecule has 1 N–H and O–H groups in total. The van der Waals surface area contributed by atoms with E-state index in [4.69, 9.17) is 9.26 Å². The van der Waals surface area contributed by atoms with Crippen molar-refractivity contribution in [2.75, 3.05) is 25.5 Å². The first kappa shape index (κ1) is 18.4. The second kappa shape index (κ2) is 7.46. The molecule has 26 heavy (non-hydrogen) atoms. The number of nitrogens with zero attached hydrogens (tertiary/aromatic N) is 2. The number of sulfonamides is 1. The minimum Gasteiger partial charge on any atom is -0.497 e. The Morgan fingerprint density at radius 3 is 2.65 bits per heavy atom. The molecule has 8 nitrogen and oxygen atoms in total. The molecule has 1 amide bonds. The first-order valence-corrected chi connectivity index (χ1v) is 9.72. The van der Waals surface area contributed by atoms with Crippen molar-refractivity contribution in [3.63, 3.8) is 0 Å². The topological polar surface area (TPSA) is 102 Å². The lowest BCUT2D eigenvalue weighted by atomic mass is 9.97. The van der Waals surface area contributed by atoms with E-state index < -0.39 is 10.0 Å². The Kier molecular flexibility index (Phi) is 5.28. The number of methoxy groups -OCH3 is 1. The van der Waals surface area contributed by atoms with Crippen molar-refractivity contribution in [3.05, 3.63) is 36.1 Å². The van der Waals surface area contributed by atoms with Crippen LogP contribution in [0.25, 0.3) is 0 Å². The van der Waals surface area contributed by atoms with Crippen molar-refractivity contribution < 1.29 is 22.5 Å². The van der Waals surface area contributed by atoms with Gasteiger partial charge in [-0.3, -0.25) is 4.79 Å². The quantitative estimate of drug-likeness (QED) is 0.853. The first-order chi connectivity index (χ1) is 12.4. The van der Waals surface area contributed by atoms with E-state index >= 15 is 0 Å². The molecule has 9 heteroatoms. The molecule has 1 aromatic carbocycles. The smallest absolute Gasteiger partial charge is 0.243 e. The van der Waals surface area contributed by atoms with Crippen LogP contribution >= 0.6 is 0 Å². The zero-order valence-electron chi connectivity index (χ0n) is 14.6. The predicted molar refractivity (Wildman–Crippen MR) is 94.3 cm³/mol. The zero-order chi connectivity index (χ0) is 18.7. The van der Waals surface area contributed by atoms with Gasteiger partial charge >= 0.3 is 0 Å². The van der Waals surface area contributed by atoms with E-state index in [0.717, 1.165) is 0 Å². The van der Waals surface area contributed by atoms with Crippen LogP contribution in [0.4, 0.5) is 5.82 Å². The Morgan fingerprint density at radius 2 is 2.04 bits per heavy atom. The summed E-state index contributed by atoms with van der Waals surface area (Å²) in [6.07, 6.45) is 0.901. The van der Waals surface area contributed by atoms with Crippen molar-refractivity contribution in [2.45, 2.75) is 24.7 Å². The van der Waals surface area contributed by atoms with Crippen LogP contribution in [0, 0.1) is 12.8 Å². The molecular weight excluding hydrogens is 358 g/mol. The number of hydrogen-bond acceptors (Lipinski definition) is 6. The van der Waals surface area contributed by atoms with E-state index in [1.54, 1.807) is 31.2 Å². The summed E-state index contributed by atoms with van der Waals surface area (Å²) in [5, 5.41) is 6.44. The Bertz CT molecular complexity index is 885. The number of anilines is 1. The molecule has 0 saturated carbocycles. The number of ether oxygens (including phenoxy) is 1. The minimum absolute atomic E-state index is 0.170. The molecule has 1 aromatic heterocycles. The average Bonchev–Trinajstić information content (AvgIpc) is 3.06. The molecule has 2 aromatic rings. The number of piperidine rings is 1. The fourth-order valence-corrected chi connectivity index (χ4v) is 4.43. The third kappa shape index (κ3) is 3.88. The molecule has 0 unspecified atom stereocenters. The number of hydrogen-bond donors (Lipinski definition) is 1. The molecule has 1 aliphatic rings. The summed E-state index contributed by atoms with van der Waals surface area (Å²) in [7, 11) is -2.11. The van der Waals surface area contributed by atoms with Gasteiger partial charge in [-0.05, 0) is 31.9 Å². The van der Waals surface area contributed by atoms with Gasteiger partial charge in [0.25, 0.3) is 0 Å². The molecule has 0 aliphatic carbocycles. The third-order valence-electron chi connectivity index (χ3n) is 4.38. The summed E-state index contributed by atoms with van der Waals surface area (Å²) in [6, 6.07) is 8.03. The number of aromatic nitrogens is 1. The number of nitrogens with one attached hydrogen (secondary N) is 1. The number of benzene rings is 1. The van der Waals surface area contributed by atoms with Gasteiger partial charge in [-0.25, -0.2) is 8.42 Å². The molecule has 0 atom stereocenters. The van der Waals surface area contributed by atoms with Gasteiger partial charge in [0.1, 0.15) is 11.5 Å². The fraction of sp³-hybridized carbons (Fsp3) is 0.412. The number of carbonyl (C=O) groups excluding carboxylic acids is 1. The Morgan fingerprint density at radius 1 is 1.31 bits per heavy atom. The maximum absolute atomic E-state index is 12.8. The summed E-state index contributed by atoms with van der Waals surface area (Å²) >= 11 is 0.